The average molecular weight is 341 g/mol. The Labute approximate surface area is 141 Å². The molecular formula is C16H21ClN2O2S. The standard InChI is InChI=1S/C16H20N2O2S.ClH/c1-20-14-8-11-21-15(14)16(19)18(10-5-9-17)12-13-6-3-2-4-7-13;/h2-4,6-8,11H,5,9-10,12,17H2,1H3;1H. The molecule has 22 heavy (non-hydrogen) atoms. The number of hydrogen-bond acceptors (Lipinski definition) is 4. The van der Waals surface area contributed by atoms with Crippen molar-refractivity contribution < 1.29 is 9.53 Å². The Kier molecular flexibility index (Phi) is 7.95. The van der Waals surface area contributed by atoms with Crippen LogP contribution in [0.1, 0.15) is 21.7 Å². The molecular weight excluding hydrogens is 320 g/mol. The van der Waals surface area contributed by atoms with Crippen molar-refractivity contribution in [1.29, 1.82) is 0 Å². The lowest BCUT2D eigenvalue weighted by Crippen LogP contribution is -2.32. The monoisotopic (exact) mass is 340 g/mol. The SMILES string of the molecule is COc1ccsc1C(=O)N(CCCN)Cc1ccccc1.Cl. The molecule has 0 aliphatic carbocycles. The molecule has 0 aliphatic rings. The summed E-state index contributed by atoms with van der Waals surface area (Å²) < 4.78 is 5.25. The van der Waals surface area contributed by atoms with Crippen LogP contribution in [0.15, 0.2) is 41.8 Å². The molecule has 0 saturated carbocycles. The van der Waals surface area contributed by atoms with Crippen molar-refractivity contribution in [1.82, 2.24) is 4.90 Å². The van der Waals surface area contributed by atoms with Gasteiger partial charge in [0.15, 0.2) is 0 Å². The summed E-state index contributed by atoms with van der Waals surface area (Å²) in [5, 5.41) is 1.87. The fraction of sp³-hybridized carbons (Fsp3) is 0.312. The zero-order valence-corrected chi connectivity index (χ0v) is 14.2. The summed E-state index contributed by atoms with van der Waals surface area (Å²) in [5.74, 6) is 0.634. The Hall–Kier alpha value is -1.56. The number of benzene rings is 1. The molecule has 120 valence electrons. The van der Waals surface area contributed by atoms with Gasteiger partial charge in [0, 0.05) is 13.1 Å². The van der Waals surface area contributed by atoms with Gasteiger partial charge in [0.1, 0.15) is 10.6 Å². The van der Waals surface area contributed by atoms with E-state index in [-0.39, 0.29) is 18.3 Å². The molecule has 2 aromatic rings. The average Bonchev–Trinajstić information content (AvgIpc) is 3.00. The van der Waals surface area contributed by atoms with E-state index in [9.17, 15) is 4.79 Å². The first-order valence-corrected chi connectivity index (χ1v) is 7.79. The van der Waals surface area contributed by atoms with Crippen molar-refractivity contribution >= 4 is 29.7 Å². The van der Waals surface area contributed by atoms with Crippen molar-refractivity contribution in [2.75, 3.05) is 20.2 Å². The van der Waals surface area contributed by atoms with Gasteiger partial charge in [-0.05, 0) is 30.0 Å². The minimum Gasteiger partial charge on any atom is -0.495 e. The van der Waals surface area contributed by atoms with Crippen molar-refractivity contribution in [2.24, 2.45) is 5.73 Å². The number of amides is 1. The van der Waals surface area contributed by atoms with Crippen molar-refractivity contribution in [3.05, 3.63) is 52.2 Å². The second-order valence-electron chi connectivity index (χ2n) is 4.67. The molecule has 1 aromatic carbocycles. The van der Waals surface area contributed by atoms with Gasteiger partial charge < -0.3 is 15.4 Å². The van der Waals surface area contributed by atoms with Gasteiger partial charge in [-0.2, -0.15) is 0 Å². The van der Waals surface area contributed by atoms with Crippen molar-refractivity contribution in [2.45, 2.75) is 13.0 Å². The van der Waals surface area contributed by atoms with E-state index >= 15 is 0 Å². The maximum atomic E-state index is 12.7. The molecule has 1 amide bonds. The van der Waals surface area contributed by atoms with E-state index in [1.165, 1.54) is 11.3 Å². The van der Waals surface area contributed by atoms with Gasteiger partial charge in [-0.15, -0.1) is 23.7 Å². The molecule has 0 aliphatic heterocycles. The summed E-state index contributed by atoms with van der Waals surface area (Å²) in [7, 11) is 1.58. The normalized spacial score (nSPS) is 9.91. The molecule has 4 nitrogen and oxygen atoms in total. The lowest BCUT2D eigenvalue weighted by molar-refractivity contribution is 0.0744. The van der Waals surface area contributed by atoms with Crippen molar-refractivity contribution in [3.8, 4) is 5.75 Å². The van der Waals surface area contributed by atoms with Crippen LogP contribution in [0, 0.1) is 0 Å². The van der Waals surface area contributed by atoms with Gasteiger partial charge in [-0.3, -0.25) is 4.79 Å². The summed E-state index contributed by atoms with van der Waals surface area (Å²) >= 11 is 1.41. The fourth-order valence-electron chi connectivity index (χ4n) is 2.10. The Morgan fingerprint density at radius 1 is 1.27 bits per heavy atom. The Bertz CT molecular complexity index is 575. The van der Waals surface area contributed by atoms with E-state index in [0.717, 1.165) is 12.0 Å². The van der Waals surface area contributed by atoms with E-state index in [0.29, 0.717) is 30.3 Å². The number of thiophene rings is 1. The third-order valence-electron chi connectivity index (χ3n) is 3.18. The van der Waals surface area contributed by atoms with E-state index in [1.54, 1.807) is 7.11 Å². The molecule has 2 rings (SSSR count). The number of nitrogens with zero attached hydrogens (tertiary/aromatic N) is 1. The molecule has 6 heteroatoms. The number of rotatable bonds is 7. The number of carbonyl (C=O) groups excluding carboxylic acids is 1. The van der Waals surface area contributed by atoms with Crippen LogP contribution in [0.2, 0.25) is 0 Å². The molecule has 1 heterocycles. The van der Waals surface area contributed by atoms with Gasteiger partial charge in [-0.1, -0.05) is 30.3 Å². The molecule has 0 unspecified atom stereocenters. The highest BCUT2D eigenvalue weighted by molar-refractivity contribution is 7.12. The maximum absolute atomic E-state index is 12.7. The third kappa shape index (κ3) is 4.73. The molecule has 0 radical (unpaired) electrons. The number of hydrogen-bond donors (Lipinski definition) is 1. The van der Waals surface area contributed by atoms with E-state index in [2.05, 4.69) is 0 Å². The first-order valence-electron chi connectivity index (χ1n) is 6.91. The molecule has 0 atom stereocenters. The number of methoxy groups -OCH3 is 1. The second-order valence-corrected chi connectivity index (χ2v) is 5.59. The van der Waals surface area contributed by atoms with Gasteiger partial charge in [0.25, 0.3) is 5.91 Å². The summed E-state index contributed by atoms with van der Waals surface area (Å²) in [6.45, 7) is 1.80. The predicted octanol–water partition coefficient (Wildman–Crippen LogP) is 3.17. The number of nitrogens with two attached hydrogens (primary N) is 1. The molecule has 0 fully saturated rings. The smallest absolute Gasteiger partial charge is 0.268 e. The lowest BCUT2D eigenvalue weighted by Gasteiger charge is -2.22. The number of halogens is 1. The zero-order chi connectivity index (χ0) is 15.1. The lowest BCUT2D eigenvalue weighted by atomic mass is 10.2. The zero-order valence-electron chi connectivity index (χ0n) is 12.5. The van der Waals surface area contributed by atoms with Crippen LogP contribution in [0.3, 0.4) is 0 Å². The summed E-state index contributed by atoms with van der Waals surface area (Å²) in [4.78, 5) is 15.2. The molecule has 0 bridgehead atoms. The Morgan fingerprint density at radius 3 is 2.64 bits per heavy atom. The number of carbonyl (C=O) groups is 1. The fourth-order valence-corrected chi connectivity index (χ4v) is 2.92. The van der Waals surface area contributed by atoms with Crippen molar-refractivity contribution in [3.63, 3.8) is 0 Å². The molecule has 2 N–H and O–H groups in total. The largest absolute Gasteiger partial charge is 0.495 e. The highest BCUT2D eigenvalue weighted by atomic mass is 35.5. The van der Waals surface area contributed by atoms with Crippen LogP contribution >= 0.6 is 23.7 Å². The highest BCUT2D eigenvalue weighted by Crippen LogP contribution is 2.26. The Balaban J connectivity index is 0.00000242. The summed E-state index contributed by atoms with van der Waals surface area (Å²) in [6.07, 6.45) is 0.784. The topological polar surface area (TPSA) is 55.6 Å². The molecule has 1 aromatic heterocycles. The van der Waals surface area contributed by atoms with E-state index in [1.807, 2.05) is 46.7 Å². The van der Waals surface area contributed by atoms with Gasteiger partial charge in [-0.25, -0.2) is 0 Å². The molecule has 0 saturated heterocycles. The number of ether oxygens (including phenoxy) is 1. The van der Waals surface area contributed by atoms with Crippen LogP contribution in [-0.4, -0.2) is 31.0 Å². The highest BCUT2D eigenvalue weighted by Gasteiger charge is 2.20. The second kappa shape index (κ2) is 9.46. The van der Waals surface area contributed by atoms with Crippen LogP contribution in [0.25, 0.3) is 0 Å². The first kappa shape index (κ1) is 18.5. The quantitative estimate of drug-likeness (QED) is 0.842. The van der Waals surface area contributed by atoms with Gasteiger partial charge in [0.2, 0.25) is 0 Å². The summed E-state index contributed by atoms with van der Waals surface area (Å²) in [5.41, 5.74) is 6.69. The third-order valence-corrected chi connectivity index (χ3v) is 4.06. The van der Waals surface area contributed by atoms with E-state index in [4.69, 9.17) is 10.5 Å². The van der Waals surface area contributed by atoms with Crippen LogP contribution in [0.5, 0.6) is 5.75 Å². The maximum Gasteiger partial charge on any atom is 0.268 e. The van der Waals surface area contributed by atoms with Gasteiger partial charge >= 0.3 is 0 Å². The minimum absolute atomic E-state index is 0. The van der Waals surface area contributed by atoms with Crippen LogP contribution < -0.4 is 10.5 Å². The predicted molar refractivity (Wildman–Crippen MR) is 93.0 cm³/mol. The first-order chi connectivity index (χ1) is 10.3. The van der Waals surface area contributed by atoms with Crippen LogP contribution in [0.4, 0.5) is 0 Å². The Morgan fingerprint density at radius 2 is 2.00 bits per heavy atom. The molecule has 0 spiro atoms. The minimum atomic E-state index is -0.000784. The summed E-state index contributed by atoms with van der Waals surface area (Å²) in [6, 6.07) is 11.8. The van der Waals surface area contributed by atoms with Crippen LogP contribution in [-0.2, 0) is 6.54 Å². The van der Waals surface area contributed by atoms with E-state index < -0.39 is 0 Å². The van der Waals surface area contributed by atoms with Gasteiger partial charge in [0.05, 0.1) is 7.11 Å².